The Balaban J connectivity index is 1.85. The van der Waals surface area contributed by atoms with E-state index in [1.54, 1.807) is 24.3 Å². The Labute approximate surface area is 134 Å². The fourth-order valence-corrected chi connectivity index (χ4v) is 2.52. The Morgan fingerprint density at radius 1 is 1.17 bits per heavy atom. The van der Waals surface area contributed by atoms with Gasteiger partial charge in [0.2, 0.25) is 11.8 Å². The molecule has 0 radical (unpaired) electrons. The second-order valence-electron chi connectivity index (χ2n) is 5.29. The van der Waals surface area contributed by atoms with Crippen LogP contribution in [-0.2, 0) is 15.8 Å². The number of pyridine rings is 1. The Bertz CT molecular complexity index is 805. The molecule has 0 aliphatic carbocycles. The third kappa shape index (κ3) is 3.22. The van der Waals surface area contributed by atoms with E-state index in [-0.39, 0.29) is 18.1 Å². The molecule has 2 aromatic rings. The largest absolute Gasteiger partial charge is 0.433 e. The number of aromatic nitrogens is 1. The van der Waals surface area contributed by atoms with Gasteiger partial charge in [0.1, 0.15) is 11.5 Å². The summed E-state index contributed by atoms with van der Waals surface area (Å²) in [4.78, 5) is 27.5. The predicted octanol–water partition coefficient (Wildman–Crippen LogP) is 3.16. The fourth-order valence-electron chi connectivity index (χ4n) is 2.52. The molecule has 0 saturated heterocycles. The Kier molecular flexibility index (Phi) is 3.96. The molecule has 124 valence electrons. The molecule has 0 fully saturated rings. The lowest BCUT2D eigenvalue weighted by molar-refractivity contribution is -0.141. The normalized spacial score (nSPS) is 17.0. The van der Waals surface area contributed by atoms with Crippen LogP contribution < -0.4 is 10.6 Å². The molecular weight excluding hydrogens is 323 g/mol. The summed E-state index contributed by atoms with van der Waals surface area (Å²) in [7, 11) is 0. The maximum Gasteiger partial charge on any atom is 0.433 e. The van der Waals surface area contributed by atoms with Gasteiger partial charge in [0.25, 0.3) is 0 Å². The van der Waals surface area contributed by atoms with E-state index in [0.29, 0.717) is 11.3 Å². The van der Waals surface area contributed by atoms with Gasteiger partial charge in [-0.3, -0.25) is 9.59 Å². The zero-order chi connectivity index (χ0) is 17.3. The van der Waals surface area contributed by atoms with Gasteiger partial charge in [-0.25, -0.2) is 4.98 Å². The lowest BCUT2D eigenvalue weighted by atomic mass is 9.90. The van der Waals surface area contributed by atoms with Crippen LogP contribution in [0.1, 0.15) is 23.6 Å². The first kappa shape index (κ1) is 16.0. The molecule has 24 heavy (non-hydrogen) atoms. The van der Waals surface area contributed by atoms with Gasteiger partial charge in [-0.2, -0.15) is 13.2 Å². The van der Waals surface area contributed by atoms with Crippen LogP contribution in [0.15, 0.2) is 42.5 Å². The molecule has 5 nitrogen and oxygen atoms in total. The van der Waals surface area contributed by atoms with Crippen molar-refractivity contribution in [2.24, 2.45) is 0 Å². The van der Waals surface area contributed by atoms with E-state index in [9.17, 15) is 22.8 Å². The number of nitrogens with one attached hydrogen (secondary N) is 2. The fraction of sp³-hybridized carbons (Fsp3) is 0.188. The Morgan fingerprint density at radius 2 is 1.92 bits per heavy atom. The molecule has 1 aliphatic rings. The number of anilines is 2. The average molecular weight is 335 g/mol. The second kappa shape index (κ2) is 5.95. The number of nitrogens with zero attached hydrogens (tertiary/aromatic N) is 1. The summed E-state index contributed by atoms with van der Waals surface area (Å²) in [5.41, 5.74) is 0.0366. The van der Waals surface area contributed by atoms with Crippen LogP contribution in [0.25, 0.3) is 0 Å². The van der Waals surface area contributed by atoms with E-state index < -0.39 is 23.7 Å². The predicted molar refractivity (Wildman–Crippen MR) is 80.3 cm³/mol. The minimum atomic E-state index is -4.60. The number of rotatable bonds is 2. The summed E-state index contributed by atoms with van der Waals surface area (Å²) >= 11 is 0. The van der Waals surface area contributed by atoms with Crippen molar-refractivity contribution in [3.63, 3.8) is 0 Å². The number of carbonyl (C=O) groups excluding carboxylic acids is 2. The number of carbonyl (C=O) groups is 2. The van der Waals surface area contributed by atoms with E-state index >= 15 is 0 Å². The summed E-state index contributed by atoms with van der Waals surface area (Å²) in [5, 5.41) is 5.01. The van der Waals surface area contributed by atoms with Crippen LogP contribution >= 0.6 is 0 Å². The zero-order valence-electron chi connectivity index (χ0n) is 12.2. The number of hydrogen-bond acceptors (Lipinski definition) is 3. The van der Waals surface area contributed by atoms with Crippen molar-refractivity contribution in [2.45, 2.75) is 18.5 Å². The molecule has 0 saturated carbocycles. The maximum atomic E-state index is 12.7. The van der Waals surface area contributed by atoms with Gasteiger partial charge in [-0.1, -0.05) is 24.3 Å². The molecule has 3 rings (SSSR count). The maximum absolute atomic E-state index is 12.7. The summed E-state index contributed by atoms with van der Waals surface area (Å²) in [6, 6.07) is 10.0. The van der Waals surface area contributed by atoms with Crippen molar-refractivity contribution in [3.05, 3.63) is 53.7 Å². The molecule has 0 bridgehead atoms. The third-order valence-electron chi connectivity index (χ3n) is 3.61. The summed E-state index contributed by atoms with van der Waals surface area (Å²) in [5.74, 6) is -1.90. The standard InChI is InChI=1S/C16H12F3N3O2/c17-16(18,19)12-6-3-7-13(21-12)22-15(24)10-8-14(23)20-11-5-2-1-4-9(10)11/h1-7,10H,8H2,(H,20,23)(H,21,22,24). The molecule has 8 heteroatoms. The number of alkyl halides is 3. The molecule has 1 aromatic heterocycles. The number of benzene rings is 1. The molecule has 1 aliphatic heterocycles. The number of para-hydroxylation sites is 1. The molecule has 1 unspecified atom stereocenters. The van der Waals surface area contributed by atoms with Crippen molar-refractivity contribution in [1.29, 1.82) is 0 Å². The van der Waals surface area contributed by atoms with Crippen molar-refractivity contribution in [2.75, 3.05) is 10.6 Å². The summed E-state index contributed by atoms with van der Waals surface area (Å²) in [6.07, 6.45) is -4.68. The monoisotopic (exact) mass is 335 g/mol. The van der Waals surface area contributed by atoms with Crippen LogP contribution in [0, 0.1) is 0 Å². The van der Waals surface area contributed by atoms with E-state index in [1.807, 2.05) is 0 Å². The Morgan fingerprint density at radius 3 is 2.67 bits per heavy atom. The topological polar surface area (TPSA) is 71.1 Å². The van der Waals surface area contributed by atoms with Crippen LogP contribution in [0.2, 0.25) is 0 Å². The molecule has 1 aromatic carbocycles. The number of halogens is 3. The van der Waals surface area contributed by atoms with Gasteiger partial charge in [-0.05, 0) is 23.8 Å². The first-order chi connectivity index (χ1) is 11.3. The van der Waals surface area contributed by atoms with Crippen LogP contribution in [0.3, 0.4) is 0 Å². The third-order valence-corrected chi connectivity index (χ3v) is 3.61. The number of fused-ring (bicyclic) bond motifs is 1. The van der Waals surface area contributed by atoms with Crippen LogP contribution in [0.4, 0.5) is 24.7 Å². The lowest BCUT2D eigenvalue weighted by Crippen LogP contribution is -2.31. The van der Waals surface area contributed by atoms with E-state index in [0.717, 1.165) is 12.1 Å². The second-order valence-corrected chi connectivity index (χ2v) is 5.29. The van der Waals surface area contributed by atoms with Gasteiger partial charge in [0, 0.05) is 12.1 Å². The Hall–Kier alpha value is -2.90. The van der Waals surface area contributed by atoms with Gasteiger partial charge in [0.05, 0.1) is 5.92 Å². The highest BCUT2D eigenvalue weighted by molar-refractivity contribution is 6.04. The van der Waals surface area contributed by atoms with E-state index in [1.165, 1.54) is 6.07 Å². The van der Waals surface area contributed by atoms with Gasteiger partial charge in [0.15, 0.2) is 0 Å². The molecular formula is C16H12F3N3O2. The van der Waals surface area contributed by atoms with Crippen LogP contribution in [-0.4, -0.2) is 16.8 Å². The van der Waals surface area contributed by atoms with Gasteiger partial charge in [-0.15, -0.1) is 0 Å². The molecule has 1 atom stereocenters. The first-order valence-corrected chi connectivity index (χ1v) is 7.08. The first-order valence-electron chi connectivity index (χ1n) is 7.08. The minimum Gasteiger partial charge on any atom is -0.326 e. The minimum absolute atomic E-state index is 0.0815. The lowest BCUT2D eigenvalue weighted by Gasteiger charge is -2.24. The number of hydrogen-bond donors (Lipinski definition) is 2. The zero-order valence-corrected chi connectivity index (χ0v) is 12.2. The highest BCUT2D eigenvalue weighted by Gasteiger charge is 2.33. The summed E-state index contributed by atoms with van der Waals surface area (Å²) in [6.45, 7) is 0. The quantitative estimate of drug-likeness (QED) is 0.885. The average Bonchev–Trinajstić information content (AvgIpc) is 2.53. The van der Waals surface area contributed by atoms with Crippen molar-refractivity contribution < 1.29 is 22.8 Å². The van der Waals surface area contributed by atoms with Crippen molar-refractivity contribution in [3.8, 4) is 0 Å². The summed E-state index contributed by atoms with van der Waals surface area (Å²) < 4.78 is 38.0. The van der Waals surface area contributed by atoms with Crippen molar-refractivity contribution >= 4 is 23.3 Å². The van der Waals surface area contributed by atoms with Gasteiger partial charge >= 0.3 is 6.18 Å². The number of amides is 2. The highest BCUT2D eigenvalue weighted by atomic mass is 19.4. The SMILES string of the molecule is O=C1CC(C(=O)Nc2cccc(C(F)(F)F)n2)c2ccccc2N1. The van der Waals surface area contributed by atoms with Crippen molar-refractivity contribution in [1.82, 2.24) is 4.98 Å². The molecule has 2 amide bonds. The van der Waals surface area contributed by atoms with E-state index in [4.69, 9.17) is 0 Å². The molecule has 2 N–H and O–H groups in total. The van der Waals surface area contributed by atoms with Crippen LogP contribution in [0.5, 0.6) is 0 Å². The molecule has 2 heterocycles. The smallest absolute Gasteiger partial charge is 0.326 e. The van der Waals surface area contributed by atoms with Gasteiger partial charge < -0.3 is 10.6 Å². The highest BCUT2D eigenvalue weighted by Crippen LogP contribution is 2.33. The molecule has 0 spiro atoms. The van der Waals surface area contributed by atoms with E-state index in [2.05, 4.69) is 15.6 Å².